The molecule has 0 radical (unpaired) electrons. The van der Waals surface area contributed by atoms with Crippen LogP contribution in [0.1, 0.15) is 19.4 Å². The zero-order valence-electron chi connectivity index (χ0n) is 11.8. The minimum atomic E-state index is -0.836. The number of fused-ring (bicyclic) bond motifs is 1. The van der Waals surface area contributed by atoms with Crippen LogP contribution < -0.4 is 4.74 Å². The van der Waals surface area contributed by atoms with Gasteiger partial charge in [-0.3, -0.25) is 4.79 Å². The van der Waals surface area contributed by atoms with Crippen molar-refractivity contribution in [1.29, 1.82) is 0 Å². The minimum Gasteiger partial charge on any atom is -0.497 e. The molecule has 20 heavy (non-hydrogen) atoms. The summed E-state index contributed by atoms with van der Waals surface area (Å²) < 4.78 is 9.47. The van der Waals surface area contributed by atoms with Gasteiger partial charge in [-0.2, -0.15) is 0 Å². The van der Waals surface area contributed by atoms with Crippen LogP contribution in [0.15, 0.2) is 36.4 Å². The zero-order chi connectivity index (χ0) is 14.8. The molecular formula is C16H17BrO3. The number of halogens is 1. The van der Waals surface area contributed by atoms with Gasteiger partial charge in [0.2, 0.25) is 0 Å². The summed E-state index contributed by atoms with van der Waals surface area (Å²) >= 11 is 3.47. The highest BCUT2D eigenvalue weighted by molar-refractivity contribution is 9.10. The van der Waals surface area contributed by atoms with Crippen LogP contribution in [-0.2, 0) is 13.9 Å². The molecule has 106 valence electrons. The molecule has 0 bridgehead atoms. The summed E-state index contributed by atoms with van der Waals surface area (Å²) in [6.45, 7) is 3.97. The third-order valence-corrected chi connectivity index (χ3v) is 4.03. The van der Waals surface area contributed by atoms with Crippen molar-refractivity contribution in [3.63, 3.8) is 0 Å². The molecule has 0 spiro atoms. The Bertz CT molecular complexity index is 635. The van der Waals surface area contributed by atoms with Crippen LogP contribution in [0.2, 0.25) is 0 Å². The van der Waals surface area contributed by atoms with Crippen LogP contribution in [0.4, 0.5) is 0 Å². The first kappa shape index (κ1) is 14.9. The molecule has 4 heteroatoms. The Morgan fingerprint density at radius 1 is 1.20 bits per heavy atom. The van der Waals surface area contributed by atoms with Crippen LogP contribution in [0.5, 0.6) is 5.75 Å². The van der Waals surface area contributed by atoms with E-state index < -0.39 is 4.32 Å². The summed E-state index contributed by atoms with van der Waals surface area (Å²) in [5.74, 6) is 0.533. The maximum atomic E-state index is 12.0. The second-order valence-electron chi connectivity index (χ2n) is 4.65. The van der Waals surface area contributed by atoms with Crippen LogP contribution in [0.25, 0.3) is 10.8 Å². The summed E-state index contributed by atoms with van der Waals surface area (Å²) in [4.78, 5) is 12.0. The van der Waals surface area contributed by atoms with Gasteiger partial charge in [0.25, 0.3) is 0 Å². The number of alkyl halides is 1. The highest BCUT2D eigenvalue weighted by Gasteiger charge is 2.33. The number of rotatable bonds is 4. The predicted octanol–water partition coefficient (Wildman–Crippen LogP) is 4.02. The third-order valence-electron chi connectivity index (χ3n) is 3.25. The first-order valence-corrected chi connectivity index (χ1v) is 7.22. The number of benzene rings is 2. The molecule has 0 aliphatic heterocycles. The topological polar surface area (TPSA) is 35.5 Å². The smallest absolute Gasteiger partial charge is 0.327 e. The standard InChI is InChI=1S/C16H17BrO3/c1-4-20-15(18)16(2,17)13-7-5-12-10-14(19-3)8-6-11(12)9-13/h5-10H,4H2,1-3H3. The normalized spacial score (nSPS) is 13.8. The lowest BCUT2D eigenvalue weighted by atomic mass is 9.97. The highest BCUT2D eigenvalue weighted by Crippen LogP contribution is 2.34. The summed E-state index contributed by atoms with van der Waals surface area (Å²) in [6.07, 6.45) is 0. The van der Waals surface area contributed by atoms with E-state index in [1.807, 2.05) is 36.4 Å². The molecule has 0 amide bonds. The van der Waals surface area contributed by atoms with Crippen LogP contribution in [0.3, 0.4) is 0 Å². The highest BCUT2D eigenvalue weighted by atomic mass is 79.9. The number of carbonyl (C=O) groups excluding carboxylic acids is 1. The Kier molecular flexibility index (Phi) is 4.33. The molecule has 0 aliphatic rings. The first-order chi connectivity index (χ1) is 9.48. The average molecular weight is 337 g/mol. The molecule has 0 saturated heterocycles. The maximum absolute atomic E-state index is 12.0. The number of hydrogen-bond acceptors (Lipinski definition) is 3. The van der Waals surface area contributed by atoms with Crippen molar-refractivity contribution < 1.29 is 14.3 Å². The third kappa shape index (κ3) is 2.80. The number of hydrogen-bond donors (Lipinski definition) is 0. The molecule has 2 aromatic carbocycles. The van der Waals surface area contributed by atoms with Gasteiger partial charge < -0.3 is 9.47 Å². The van der Waals surface area contributed by atoms with Gasteiger partial charge in [-0.1, -0.05) is 34.1 Å². The molecule has 1 unspecified atom stereocenters. The molecule has 0 heterocycles. The van der Waals surface area contributed by atoms with Gasteiger partial charge in [-0.15, -0.1) is 0 Å². The van der Waals surface area contributed by atoms with E-state index in [0.717, 1.165) is 22.1 Å². The molecule has 0 N–H and O–H groups in total. The van der Waals surface area contributed by atoms with E-state index in [1.54, 1.807) is 21.0 Å². The van der Waals surface area contributed by atoms with E-state index in [1.165, 1.54) is 0 Å². The molecule has 0 fully saturated rings. The molecular weight excluding hydrogens is 320 g/mol. The van der Waals surface area contributed by atoms with Crippen molar-refractivity contribution in [3.8, 4) is 5.75 Å². The Morgan fingerprint density at radius 3 is 2.50 bits per heavy atom. The summed E-state index contributed by atoms with van der Waals surface area (Å²) in [7, 11) is 1.64. The average Bonchev–Trinajstić information content (AvgIpc) is 2.46. The van der Waals surface area contributed by atoms with E-state index >= 15 is 0 Å². The Balaban J connectivity index is 2.43. The Morgan fingerprint density at radius 2 is 1.85 bits per heavy atom. The van der Waals surface area contributed by atoms with Crippen molar-refractivity contribution >= 4 is 32.7 Å². The fourth-order valence-electron chi connectivity index (χ4n) is 2.03. The first-order valence-electron chi connectivity index (χ1n) is 6.43. The van der Waals surface area contributed by atoms with Crippen molar-refractivity contribution in [3.05, 3.63) is 42.0 Å². The fraction of sp³-hybridized carbons (Fsp3) is 0.312. The number of methoxy groups -OCH3 is 1. The lowest BCUT2D eigenvalue weighted by Gasteiger charge is -2.21. The van der Waals surface area contributed by atoms with E-state index in [-0.39, 0.29) is 5.97 Å². The molecule has 1 atom stereocenters. The zero-order valence-corrected chi connectivity index (χ0v) is 13.4. The molecule has 2 rings (SSSR count). The van der Waals surface area contributed by atoms with Crippen LogP contribution in [-0.4, -0.2) is 19.7 Å². The largest absolute Gasteiger partial charge is 0.497 e. The monoisotopic (exact) mass is 336 g/mol. The fourth-order valence-corrected chi connectivity index (χ4v) is 2.39. The second-order valence-corrected chi connectivity index (χ2v) is 6.24. The van der Waals surface area contributed by atoms with Gasteiger partial charge in [0.15, 0.2) is 0 Å². The Hall–Kier alpha value is -1.55. The van der Waals surface area contributed by atoms with Crippen molar-refractivity contribution in [2.24, 2.45) is 0 Å². The van der Waals surface area contributed by atoms with Gasteiger partial charge in [-0.05, 0) is 48.4 Å². The quantitative estimate of drug-likeness (QED) is 0.624. The minimum absolute atomic E-state index is 0.284. The van der Waals surface area contributed by atoms with Crippen molar-refractivity contribution in [2.75, 3.05) is 13.7 Å². The number of ether oxygens (including phenoxy) is 2. The number of carbonyl (C=O) groups is 1. The van der Waals surface area contributed by atoms with E-state index in [9.17, 15) is 4.79 Å². The predicted molar refractivity (Wildman–Crippen MR) is 83.4 cm³/mol. The van der Waals surface area contributed by atoms with Gasteiger partial charge in [0.05, 0.1) is 13.7 Å². The van der Waals surface area contributed by atoms with Gasteiger partial charge in [0, 0.05) is 0 Å². The van der Waals surface area contributed by atoms with Crippen molar-refractivity contribution in [2.45, 2.75) is 18.2 Å². The van der Waals surface area contributed by atoms with E-state index in [4.69, 9.17) is 9.47 Å². The Labute approximate surface area is 127 Å². The summed E-state index contributed by atoms with van der Waals surface area (Å²) in [5.41, 5.74) is 0.869. The van der Waals surface area contributed by atoms with Gasteiger partial charge in [-0.25, -0.2) is 0 Å². The summed E-state index contributed by atoms with van der Waals surface area (Å²) in [6, 6.07) is 11.7. The summed E-state index contributed by atoms with van der Waals surface area (Å²) in [5, 5.41) is 2.12. The van der Waals surface area contributed by atoms with Crippen LogP contribution in [0, 0.1) is 0 Å². The molecule has 0 saturated carbocycles. The van der Waals surface area contributed by atoms with Gasteiger partial charge in [0.1, 0.15) is 10.1 Å². The molecule has 3 nitrogen and oxygen atoms in total. The second kappa shape index (κ2) is 5.83. The lowest BCUT2D eigenvalue weighted by Crippen LogP contribution is -2.27. The lowest BCUT2D eigenvalue weighted by molar-refractivity contribution is -0.145. The molecule has 2 aromatic rings. The maximum Gasteiger partial charge on any atom is 0.327 e. The van der Waals surface area contributed by atoms with Gasteiger partial charge >= 0.3 is 5.97 Å². The SMILES string of the molecule is CCOC(=O)C(C)(Br)c1ccc2cc(OC)ccc2c1. The van der Waals surface area contributed by atoms with Crippen molar-refractivity contribution in [1.82, 2.24) is 0 Å². The van der Waals surface area contributed by atoms with E-state index in [2.05, 4.69) is 15.9 Å². The molecule has 0 aliphatic carbocycles. The van der Waals surface area contributed by atoms with Crippen LogP contribution >= 0.6 is 15.9 Å². The van der Waals surface area contributed by atoms with E-state index in [0.29, 0.717) is 6.61 Å². The number of esters is 1. The molecule has 0 aromatic heterocycles.